The molecule has 0 spiro atoms. The Morgan fingerprint density at radius 3 is 2.57 bits per heavy atom. The van der Waals surface area contributed by atoms with Gasteiger partial charge in [0.2, 0.25) is 15.9 Å². The Kier molecular flexibility index (Phi) is 4.96. The van der Waals surface area contributed by atoms with E-state index in [1.807, 2.05) is 0 Å². The van der Waals surface area contributed by atoms with E-state index in [2.05, 4.69) is 10.5 Å². The summed E-state index contributed by atoms with van der Waals surface area (Å²) in [5, 5.41) is 6.61. The highest BCUT2D eigenvalue weighted by Gasteiger charge is 2.23. The number of nitrogens with one attached hydrogen (secondary N) is 1. The average molecular weight is 358 g/mol. The SMILES string of the molecule is Cc1cc(NC(=O)CN(c2ccc(Cl)cc2C)S(C)(=O)=O)no1. The molecule has 7 nitrogen and oxygen atoms in total. The number of aromatic nitrogens is 1. The van der Waals surface area contributed by atoms with Crippen molar-refractivity contribution >= 4 is 39.0 Å². The largest absolute Gasteiger partial charge is 0.360 e. The Morgan fingerprint density at radius 1 is 1.35 bits per heavy atom. The van der Waals surface area contributed by atoms with Crippen molar-refractivity contribution in [2.75, 3.05) is 22.4 Å². The van der Waals surface area contributed by atoms with Gasteiger partial charge in [0.05, 0.1) is 11.9 Å². The predicted molar refractivity (Wildman–Crippen MR) is 88.2 cm³/mol. The summed E-state index contributed by atoms with van der Waals surface area (Å²) in [7, 11) is -3.65. The quantitative estimate of drug-likeness (QED) is 0.886. The van der Waals surface area contributed by atoms with Gasteiger partial charge >= 0.3 is 0 Å². The van der Waals surface area contributed by atoms with Crippen LogP contribution in [0, 0.1) is 13.8 Å². The lowest BCUT2D eigenvalue weighted by atomic mass is 10.2. The topological polar surface area (TPSA) is 92.5 Å². The molecule has 0 atom stereocenters. The van der Waals surface area contributed by atoms with Crippen LogP contribution in [0.15, 0.2) is 28.8 Å². The fourth-order valence-corrected chi connectivity index (χ4v) is 3.16. The highest BCUT2D eigenvalue weighted by atomic mass is 35.5. The number of benzene rings is 1. The first-order valence-corrected chi connectivity index (χ1v) is 8.86. The summed E-state index contributed by atoms with van der Waals surface area (Å²) in [5.41, 5.74) is 1.04. The molecule has 0 aliphatic carbocycles. The number of anilines is 2. The van der Waals surface area contributed by atoms with Crippen molar-refractivity contribution in [1.82, 2.24) is 5.16 Å². The molecule has 2 rings (SSSR count). The van der Waals surface area contributed by atoms with Crippen LogP contribution < -0.4 is 9.62 Å². The van der Waals surface area contributed by atoms with Gasteiger partial charge in [-0.05, 0) is 37.6 Å². The lowest BCUT2D eigenvalue weighted by Crippen LogP contribution is -2.37. The maximum atomic E-state index is 12.1. The number of hydrogen-bond acceptors (Lipinski definition) is 5. The Hall–Kier alpha value is -2.06. The van der Waals surface area contributed by atoms with Gasteiger partial charge in [0.15, 0.2) is 5.82 Å². The molecule has 1 aromatic heterocycles. The molecule has 0 saturated carbocycles. The van der Waals surface area contributed by atoms with Crippen molar-refractivity contribution in [2.45, 2.75) is 13.8 Å². The zero-order valence-electron chi connectivity index (χ0n) is 12.8. The van der Waals surface area contributed by atoms with Crippen molar-refractivity contribution in [3.05, 3.63) is 40.6 Å². The van der Waals surface area contributed by atoms with Crippen molar-refractivity contribution in [3.63, 3.8) is 0 Å². The number of hydrogen-bond donors (Lipinski definition) is 1. The number of halogens is 1. The summed E-state index contributed by atoms with van der Waals surface area (Å²) >= 11 is 5.89. The lowest BCUT2D eigenvalue weighted by molar-refractivity contribution is -0.114. The van der Waals surface area contributed by atoms with Gasteiger partial charge in [0.25, 0.3) is 0 Å². The van der Waals surface area contributed by atoms with Crippen molar-refractivity contribution in [3.8, 4) is 0 Å². The normalized spacial score (nSPS) is 11.3. The van der Waals surface area contributed by atoms with Gasteiger partial charge in [-0.3, -0.25) is 9.10 Å². The average Bonchev–Trinajstić information content (AvgIpc) is 2.81. The van der Waals surface area contributed by atoms with E-state index in [9.17, 15) is 13.2 Å². The van der Waals surface area contributed by atoms with Crippen LogP contribution in [0.25, 0.3) is 0 Å². The van der Waals surface area contributed by atoms with Crippen LogP contribution in [0.4, 0.5) is 11.5 Å². The molecule has 1 N–H and O–H groups in total. The fraction of sp³-hybridized carbons (Fsp3) is 0.286. The van der Waals surface area contributed by atoms with Crippen LogP contribution in [0.2, 0.25) is 5.02 Å². The van der Waals surface area contributed by atoms with Gasteiger partial charge in [0.1, 0.15) is 12.3 Å². The first-order valence-electron chi connectivity index (χ1n) is 6.64. The van der Waals surface area contributed by atoms with Gasteiger partial charge in [0, 0.05) is 11.1 Å². The summed E-state index contributed by atoms with van der Waals surface area (Å²) < 4.78 is 29.9. The Bertz CT molecular complexity index is 832. The monoisotopic (exact) mass is 357 g/mol. The van der Waals surface area contributed by atoms with Crippen molar-refractivity contribution in [1.29, 1.82) is 0 Å². The second-order valence-electron chi connectivity index (χ2n) is 5.07. The number of aryl methyl sites for hydroxylation is 2. The zero-order chi connectivity index (χ0) is 17.2. The highest BCUT2D eigenvalue weighted by Crippen LogP contribution is 2.25. The van der Waals surface area contributed by atoms with E-state index in [-0.39, 0.29) is 12.4 Å². The molecule has 0 aliphatic rings. The third kappa shape index (κ3) is 4.46. The second kappa shape index (κ2) is 6.59. The minimum Gasteiger partial charge on any atom is -0.360 e. The molecular formula is C14H16ClN3O4S. The molecule has 0 saturated heterocycles. The number of rotatable bonds is 5. The summed E-state index contributed by atoms with van der Waals surface area (Å²) in [6.07, 6.45) is 1.04. The summed E-state index contributed by atoms with van der Waals surface area (Å²) in [6, 6.07) is 6.30. The van der Waals surface area contributed by atoms with Crippen molar-refractivity contribution in [2.24, 2.45) is 0 Å². The minimum absolute atomic E-state index is 0.230. The van der Waals surface area contributed by atoms with Crippen LogP contribution in [0.3, 0.4) is 0 Å². The van der Waals surface area contributed by atoms with Crippen LogP contribution >= 0.6 is 11.6 Å². The Balaban J connectivity index is 2.24. The van der Waals surface area contributed by atoms with Crippen LogP contribution in [-0.4, -0.2) is 32.3 Å². The third-order valence-electron chi connectivity index (χ3n) is 3.01. The van der Waals surface area contributed by atoms with Gasteiger partial charge in [-0.25, -0.2) is 8.42 Å². The number of sulfonamides is 1. The van der Waals surface area contributed by atoms with E-state index >= 15 is 0 Å². The summed E-state index contributed by atoms with van der Waals surface area (Å²) in [5.74, 6) is 0.237. The first-order chi connectivity index (χ1) is 10.7. The van der Waals surface area contributed by atoms with E-state index in [1.165, 1.54) is 6.07 Å². The minimum atomic E-state index is -3.65. The lowest BCUT2D eigenvalue weighted by Gasteiger charge is -2.23. The maximum absolute atomic E-state index is 12.1. The van der Waals surface area contributed by atoms with E-state index < -0.39 is 15.9 Å². The molecule has 1 amide bonds. The molecule has 0 fully saturated rings. The molecular weight excluding hydrogens is 342 g/mol. The molecule has 0 aliphatic heterocycles. The first kappa shape index (κ1) is 17.3. The molecule has 1 aromatic carbocycles. The maximum Gasteiger partial charge on any atom is 0.246 e. The number of carbonyl (C=O) groups excluding carboxylic acids is 1. The van der Waals surface area contributed by atoms with E-state index in [0.29, 0.717) is 22.0 Å². The van der Waals surface area contributed by atoms with E-state index in [4.69, 9.17) is 16.1 Å². The standard InChI is InChI=1S/C14H16ClN3O4S/c1-9-6-11(15)4-5-12(9)18(23(3,20)21)8-14(19)16-13-7-10(2)22-17-13/h4-7H,8H2,1-3H3,(H,16,17,19). The molecule has 1 heterocycles. The number of carbonyl (C=O) groups is 1. The summed E-state index contributed by atoms with van der Waals surface area (Å²) in [6.45, 7) is 3.02. The van der Waals surface area contributed by atoms with Crippen LogP contribution in [0.5, 0.6) is 0 Å². The zero-order valence-corrected chi connectivity index (χ0v) is 14.4. The highest BCUT2D eigenvalue weighted by molar-refractivity contribution is 7.92. The molecule has 124 valence electrons. The third-order valence-corrected chi connectivity index (χ3v) is 4.37. The Morgan fingerprint density at radius 2 is 2.04 bits per heavy atom. The van der Waals surface area contributed by atoms with Gasteiger partial charge in [-0.1, -0.05) is 16.8 Å². The molecule has 0 unspecified atom stereocenters. The van der Waals surface area contributed by atoms with Crippen LogP contribution in [0.1, 0.15) is 11.3 Å². The molecule has 9 heteroatoms. The molecule has 0 radical (unpaired) electrons. The fourth-order valence-electron chi connectivity index (χ4n) is 2.02. The summed E-state index contributed by atoms with van der Waals surface area (Å²) in [4.78, 5) is 12.1. The van der Waals surface area contributed by atoms with E-state index in [1.54, 1.807) is 32.0 Å². The molecule has 23 heavy (non-hydrogen) atoms. The predicted octanol–water partition coefficient (Wildman–Crippen LogP) is 2.35. The van der Waals surface area contributed by atoms with Crippen molar-refractivity contribution < 1.29 is 17.7 Å². The number of amides is 1. The second-order valence-corrected chi connectivity index (χ2v) is 7.41. The molecule has 2 aromatic rings. The molecule has 0 bridgehead atoms. The smallest absolute Gasteiger partial charge is 0.246 e. The van der Waals surface area contributed by atoms with Gasteiger partial charge in [-0.15, -0.1) is 0 Å². The van der Waals surface area contributed by atoms with E-state index in [0.717, 1.165) is 10.6 Å². The Labute approximate surface area is 139 Å². The van der Waals surface area contributed by atoms with Gasteiger partial charge < -0.3 is 9.84 Å². The van der Waals surface area contributed by atoms with Gasteiger partial charge in [-0.2, -0.15) is 0 Å². The van der Waals surface area contributed by atoms with Crippen LogP contribution in [-0.2, 0) is 14.8 Å². The number of nitrogens with zero attached hydrogens (tertiary/aromatic N) is 2.